The zero-order valence-electron chi connectivity index (χ0n) is 13.1. The number of hydrogen-bond donors (Lipinski definition) is 3. The molecular formula is C14H17Cl2N5O3S. The van der Waals surface area contributed by atoms with Crippen molar-refractivity contribution in [2.75, 3.05) is 4.90 Å². The summed E-state index contributed by atoms with van der Waals surface area (Å²) in [6.45, 7) is 0. The fraction of sp³-hybridized carbons (Fsp3) is 0.429. The minimum Gasteiger partial charge on any atom is -0.369 e. The van der Waals surface area contributed by atoms with Gasteiger partial charge in [-0.1, -0.05) is 29.6 Å². The van der Waals surface area contributed by atoms with E-state index in [2.05, 4.69) is 9.98 Å². The van der Waals surface area contributed by atoms with Crippen molar-refractivity contribution >= 4 is 50.9 Å². The van der Waals surface area contributed by atoms with Crippen LogP contribution in [-0.4, -0.2) is 30.6 Å². The summed E-state index contributed by atoms with van der Waals surface area (Å²) in [6, 6.07) is 2.42. The van der Waals surface area contributed by atoms with Gasteiger partial charge in [0.05, 0.1) is 15.7 Å². The number of nitrogens with two attached hydrogens (primary N) is 2. The Morgan fingerprint density at radius 1 is 1.12 bits per heavy atom. The van der Waals surface area contributed by atoms with Crippen LogP contribution >= 0.6 is 23.2 Å². The van der Waals surface area contributed by atoms with Crippen molar-refractivity contribution in [1.29, 1.82) is 0 Å². The molecule has 0 bridgehead atoms. The Hall–Kier alpha value is -1.55. The van der Waals surface area contributed by atoms with E-state index in [-0.39, 0.29) is 22.0 Å². The topological polar surface area (TPSA) is 134 Å². The number of anilines is 1. The Bertz CT molecular complexity index is 879. The first-order valence-electron chi connectivity index (χ1n) is 7.60. The number of rotatable bonds is 2. The second kappa shape index (κ2) is 6.31. The van der Waals surface area contributed by atoms with Crippen LogP contribution in [0.1, 0.15) is 32.1 Å². The molecule has 0 unspecified atom stereocenters. The molecule has 1 aliphatic heterocycles. The van der Waals surface area contributed by atoms with E-state index in [1.54, 1.807) is 4.90 Å². The fourth-order valence-corrected chi connectivity index (χ4v) is 4.69. The van der Waals surface area contributed by atoms with Crippen molar-refractivity contribution in [3.63, 3.8) is 0 Å². The van der Waals surface area contributed by atoms with Gasteiger partial charge in [-0.3, -0.25) is 9.45 Å². The number of benzene rings is 1. The zero-order chi connectivity index (χ0) is 18.4. The molecule has 1 saturated carbocycles. The maximum absolute atomic E-state index is 11.4. The second-order valence-corrected chi connectivity index (χ2v) is 8.23. The van der Waals surface area contributed by atoms with E-state index in [0.717, 1.165) is 25.3 Å². The zero-order valence-corrected chi connectivity index (χ0v) is 15.4. The van der Waals surface area contributed by atoms with Crippen LogP contribution in [0.2, 0.25) is 10.0 Å². The molecule has 0 saturated heterocycles. The van der Waals surface area contributed by atoms with E-state index in [1.165, 1.54) is 6.07 Å². The Morgan fingerprint density at radius 3 is 2.36 bits per heavy atom. The predicted molar refractivity (Wildman–Crippen MR) is 97.8 cm³/mol. The molecule has 1 fully saturated rings. The first-order chi connectivity index (χ1) is 11.6. The summed E-state index contributed by atoms with van der Waals surface area (Å²) < 4.78 is 32.1. The third-order valence-corrected chi connectivity index (χ3v) is 5.99. The molecule has 8 nitrogen and oxygen atoms in total. The van der Waals surface area contributed by atoms with E-state index < -0.39 is 20.7 Å². The lowest BCUT2D eigenvalue weighted by Gasteiger charge is -2.45. The summed E-state index contributed by atoms with van der Waals surface area (Å²) in [5.74, 6) is 0.194. The van der Waals surface area contributed by atoms with Crippen LogP contribution in [0.4, 0.5) is 5.69 Å². The third kappa shape index (κ3) is 3.29. The van der Waals surface area contributed by atoms with E-state index in [9.17, 15) is 13.0 Å². The first-order valence-corrected chi connectivity index (χ1v) is 9.80. The number of nitrogens with zero attached hydrogens (tertiary/aromatic N) is 3. The van der Waals surface area contributed by atoms with Crippen LogP contribution in [0.3, 0.4) is 0 Å². The molecule has 0 radical (unpaired) electrons. The SMILES string of the molecule is NC1=NC2(CCCCC2)N(c2cc(Cl)c(S(=O)(=O)O)cc2Cl)C(N)=N1. The highest BCUT2D eigenvalue weighted by molar-refractivity contribution is 7.86. The number of hydrogen-bond acceptors (Lipinski definition) is 7. The highest BCUT2D eigenvalue weighted by Gasteiger charge is 2.43. The minimum absolute atomic E-state index is 0.0517. The smallest absolute Gasteiger partial charge is 0.296 e. The summed E-state index contributed by atoms with van der Waals surface area (Å²) in [4.78, 5) is 9.69. The van der Waals surface area contributed by atoms with Crippen LogP contribution in [0.15, 0.2) is 27.0 Å². The van der Waals surface area contributed by atoms with Crippen molar-refractivity contribution in [3.05, 3.63) is 22.2 Å². The van der Waals surface area contributed by atoms with Crippen molar-refractivity contribution < 1.29 is 13.0 Å². The van der Waals surface area contributed by atoms with E-state index in [0.29, 0.717) is 18.5 Å². The molecule has 0 aromatic heterocycles. The highest BCUT2D eigenvalue weighted by Crippen LogP contribution is 2.43. The summed E-state index contributed by atoms with van der Waals surface area (Å²) in [5.41, 5.74) is 11.5. The molecule has 3 rings (SSSR count). The largest absolute Gasteiger partial charge is 0.369 e. The van der Waals surface area contributed by atoms with E-state index in [1.807, 2.05) is 0 Å². The number of guanidine groups is 2. The maximum atomic E-state index is 11.4. The normalized spacial score (nSPS) is 20.4. The summed E-state index contributed by atoms with van der Waals surface area (Å²) in [6.07, 6.45) is 4.30. The lowest BCUT2D eigenvalue weighted by Crippen LogP contribution is -2.58. The Balaban J connectivity index is 2.17. The van der Waals surface area contributed by atoms with Crippen LogP contribution < -0.4 is 16.4 Å². The third-order valence-electron chi connectivity index (χ3n) is 4.37. The minimum atomic E-state index is -4.50. The standard InChI is InChI=1S/C14H17Cl2N5O3S/c15-8-7-11(25(22,23)24)9(16)6-10(8)21-13(18)19-12(17)20-14(21)4-2-1-3-5-14/h6-7H,1-5H2,(H,22,23,24)(H4,17,18,19,20). The van der Waals surface area contributed by atoms with Crippen molar-refractivity contribution in [2.45, 2.75) is 42.7 Å². The van der Waals surface area contributed by atoms with Gasteiger partial charge in [0.25, 0.3) is 10.1 Å². The van der Waals surface area contributed by atoms with Gasteiger partial charge in [0.15, 0.2) is 0 Å². The molecule has 1 aliphatic carbocycles. The maximum Gasteiger partial charge on any atom is 0.296 e. The van der Waals surface area contributed by atoms with Crippen LogP contribution in [-0.2, 0) is 10.1 Å². The Morgan fingerprint density at radius 2 is 1.76 bits per heavy atom. The van der Waals surface area contributed by atoms with Gasteiger partial charge >= 0.3 is 0 Å². The fourth-order valence-electron chi connectivity index (χ4n) is 3.36. The van der Waals surface area contributed by atoms with Crippen LogP contribution in [0.25, 0.3) is 0 Å². The van der Waals surface area contributed by atoms with Crippen LogP contribution in [0.5, 0.6) is 0 Å². The first kappa shape index (κ1) is 18.2. The van der Waals surface area contributed by atoms with Crippen LogP contribution in [0, 0.1) is 0 Å². The summed E-state index contributed by atoms with van der Waals surface area (Å²) >= 11 is 12.3. The molecule has 11 heteroatoms. The van der Waals surface area contributed by atoms with E-state index >= 15 is 0 Å². The molecule has 1 heterocycles. The average Bonchev–Trinajstić information content (AvgIpc) is 2.49. The highest BCUT2D eigenvalue weighted by atomic mass is 35.5. The van der Waals surface area contributed by atoms with Gasteiger partial charge in [-0.2, -0.15) is 13.4 Å². The van der Waals surface area contributed by atoms with Crippen molar-refractivity contribution in [1.82, 2.24) is 0 Å². The molecular weight excluding hydrogens is 389 g/mol. The summed E-state index contributed by atoms with van der Waals surface area (Å²) in [7, 11) is -4.50. The monoisotopic (exact) mass is 405 g/mol. The van der Waals surface area contributed by atoms with Gasteiger partial charge in [-0.15, -0.1) is 0 Å². The number of aliphatic imine (C=N–C) groups is 2. The molecule has 1 aromatic rings. The predicted octanol–water partition coefficient (Wildman–Crippen LogP) is 2.35. The average molecular weight is 406 g/mol. The number of halogens is 2. The van der Waals surface area contributed by atoms with Gasteiger partial charge in [0.1, 0.15) is 10.6 Å². The second-order valence-electron chi connectivity index (χ2n) is 6.03. The summed E-state index contributed by atoms with van der Waals surface area (Å²) in [5, 5.41) is -0.126. The molecule has 136 valence electrons. The molecule has 2 aliphatic rings. The van der Waals surface area contributed by atoms with Crippen molar-refractivity contribution in [2.24, 2.45) is 21.5 Å². The Labute approximate surface area is 155 Å². The molecule has 0 amide bonds. The van der Waals surface area contributed by atoms with Gasteiger partial charge in [-0.05, 0) is 37.8 Å². The lowest BCUT2D eigenvalue weighted by atomic mass is 9.87. The molecule has 1 aromatic carbocycles. The Kier molecular flexibility index (Phi) is 4.61. The molecule has 5 N–H and O–H groups in total. The molecule has 25 heavy (non-hydrogen) atoms. The van der Waals surface area contributed by atoms with E-state index in [4.69, 9.17) is 34.7 Å². The van der Waals surface area contributed by atoms with Gasteiger partial charge in [0.2, 0.25) is 11.9 Å². The quantitative estimate of drug-likeness (QED) is 0.646. The van der Waals surface area contributed by atoms with Gasteiger partial charge in [-0.25, -0.2) is 4.99 Å². The van der Waals surface area contributed by atoms with Gasteiger partial charge in [0, 0.05) is 0 Å². The van der Waals surface area contributed by atoms with Crippen molar-refractivity contribution in [3.8, 4) is 0 Å². The van der Waals surface area contributed by atoms with Gasteiger partial charge < -0.3 is 11.5 Å². The molecule has 0 atom stereocenters. The lowest BCUT2D eigenvalue weighted by molar-refractivity contribution is 0.305. The molecule has 1 spiro atoms.